The second-order valence-electron chi connectivity index (χ2n) is 4.86. The second kappa shape index (κ2) is 6.01. The highest BCUT2D eigenvalue weighted by molar-refractivity contribution is 5.26. The monoisotopic (exact) mass is 234 g/mol. The molecule has 1 atom stereocenters. The summed E-state index contributed by atoms with van der Waals surface area (Å²) in [5.74, 6) is 0. The van der Waals surface area contributed by atoms with Gasteiger partial charge in [0.05, 0.1) is 0 Å². The fourth-order valence-corrected chi connectivity index (χ4v) is 2.56. The first kappa shape index (κ1) is 12.4. The van der Waals surface area contributed by atoms with Crippen LogP contribution in [0.3, 0.4) is 0 Å². The lowest BCUT2D eigenvalue weighted by molar-refractivity contribution is 0.446. The van der Waals surface area contributed by atoms with Crippen molar-refractivity contribution in [1.82, 2.24) is 10.3 Å². The third-order valence-corrected chi connectivity index (χ3v) is 3.50. The maximum atomic E-state index is 11.3. The summed E-state index contributed by atoms with van der Waals surface area (Å²) in [7, 11) is 0. The molecule has 0 saturated carbocycles. The van der Waals surface area contributed by atoms with Crippen LogP contribution in [0.1, 0.15) is 56.3 Å². The van der Waals surface area contributed by atoms with E-state index in [0.717, 1.165) is 18.7 Å². The van der Waals surface area contributed by atoms with E-state index in [0.29, 0.717) is 6.04 Å². The van der Waals surface area contributed by atoms with E-state index < -0.39 is 0 Å². The van der Waals surface area contributed by atoms with E-state index in [1.807, 2.05) is 6.07 Å². The van der Waals surface area contributed by atoms with E-state index in [1.165, 1.54) is 37.7 Å². The molecule has 0 saturated heterocycles. The Balaban J connectivity index is 1.99. The molecule has 3 heteroatoms. The van der Waals surface area contributed by atoms with Gasteiger partial charge in [-0.2, -0.15) is 0 Å². The zero-order valence-electron chi connectivity index (χ0n) is 10.6. The van der Waals surface area contributed by atoms with Crippen molar-refractivity contribution in [3.05, 3.63) is 33.7 Å². The van der Waals surface area contributed by atoms with Crippen molar-refractivity contribution < 1.29 is 0 Å². The molecule has 1 heterocycles. The minimum Gasteiger partial charge on any atom is -0.326 e. The molecule has 1 aromatic rings. The molecule has 1 aromatic heterocycles. The van der Waals surface area contributed by atoms with Crippen molar-refractivity contribution in [3.8, 4) is 0 Å². The molecular formula is C14H22N2O. The SMILES string of the molecule is CCCCCNC1CCCc2[nH]c(=O)ccc21. The molecule has 0 aromatic carbocycles. The first-order valence-electron chi connectivity index (χ1n) is 6.76. The van der Waals surface area contributed by atoms with Crippen molar-refractivity contribution in [1.29, 1.82) is 0 Å². The molecule has 1 unspecified atom stereocenters. The summed E-state index contributed by atoms with van der Waals surface area (Å²) in [5, 5.41) is 3.61. The van der Waals surface area contributed by atoms with Gasteiger partial charge in [0.15, 0.2) is 0 Å². The van der Waals surface area contributed by atoms with Gasteiger partial charge in [0.25, 0.3) is 0 Å². The highest BCUT2D eigenvalue weighted by atomic mass is 16.1. The van der Waals surface area contributed by atoms with Gasteiger partial charge in [-0.15, -0.1) is 0 Å². The smallest absolute Gasteiger partial charge is 0.248 e. The number of nitrogens with one attached hydrogen (secondary N) is 2. The number of aryl methyl sites for hydroxylation is 1. The Hall–Kier alpha value is -1.09. The zero-order chi connectivity index (χ0) is 12.1. The lowest BCUT2D eigenvalue weighted by Gasteiger charge is -2.26. The Morgan fingerprint density at radius 1 is 1.41 bits per heavy atom. The van der Waals surface area contributed by atoms with Crippen LogP contribution < -0.4 is 10.9 Å². The number of aromatic amines is 1. The van der Waals surface area contributed by atoms with E-state index in [1.54, 1.807) is 6.07 Å². The quantitative estimate of drug-likeness (QED) is 0.769. The predicted octanol–water partition coefficient (Wildman–Crippen LogP) is 2.53. The number of hydrogen-bond acceptors (Lipinski definition) is 2. The Bertz CT molecular complexity index is 411. The minimum atomic E-state index is 0.0235. The largest absolute Gasteiger partial charge is 0.326 e. The van der Waals surface area contributed by atoms with Crippen molar-refractivity contribution in [2.45, 2.75) is 51.5 Å². The van der Waals surface area contributed by atoms with E-state index in [9.17, 15) is 4.79 Å². The number of unbranched alkanes of at least 4 members (excludes halogenated alkanes) is 2. The van der Waals surface area contributed by atoms with Gasteiger partial charge in [0.2, 0.25) is 5.56 Å². The second-order valence-corrected chi connectivity index (χ2v) is 4.86. The number of rotatable bonds is 5. The molecular weight excluding hydrogens is 212 g/mol. The molecule has 94 valence electrons. The Labute approximate surface area is 103 Å². The Morgan fingerprint density at radius 2 is 2.29 bits per heavy atom. The Kier molecular flexibility index (Phi) is 4.37. The number of H-pyrrole nitrogens is 1. The average Bonchev–Trinajstić information content (AvgIpc) is 2.34. The number of fused-ring (bicyclic) bond motifs is 1. The van der Waals surface area contributed by atoms with Crippen molar-refractivity contribution in [3.63, 3.8) is 0 Å². The zero-order valence-corrected chi connectivity index (χ0v) is 10.6. The van der Waals surface area contributed by atoms with Crippen LogP contribution in [-0.2, 0) is 6.42 Å². The normalized spacial score (nSPS) is 19.0. The van der Waals surface area contributed by atoms with Gasteiger partial charge in [-0.1, -0.05) is 25.8 Å². The summed E-state index contributed by atoms with van der Waals surface area (Å²) in [5.41, 5.74) is 2.46. The summed E-state index contributed by atoms with van der Waals surface area (Å²) in [6.07, 6.45) is 7.16. The number of pyridine rings is 1. The molecule has 1 aliphatic carbocycles. The van der Waals surface area contributed by atoms with Gasteiger partial charge in [-0.25, -0.2) is 0 Å². The van der Waals surface area contributed by atoms with Crippen LogP contribution in [0, 0.1) is 0 Å². The van der Waals surface area contributed by atoms with Crippen LogP contribution in [0.25, 0.3) is 0 Å². The highest BCUT2D eigenvalue weighted by Gasteiger charge is 2.19. The predicted molar refractivity (Wildman–Crippen MR) is 70.3 cm³/mol. The highest BCUT2D eigenvalue weighted by Crippen LogP contribution is 2.27. The Morgan fingerprint density at radius 3 is 3.12 bits per heavy atom. The van der Waals surface area contributed by atoms with E-state index in [4.69, 9.17) is 0 Å². The number of aromatic nitrogens is 1. The maximum absolute atomic E-state index is 11.3. The standard InChI is InChI=1S/C14H22N2O/c1-2-3-4-10-15-12-6-5-7-13-11(12)8-9-14(17)16-13/h8-9,12,15H,2-7,10H2,1H3,(H,16,17). The van der Waals surface area contributed by atoms with Gasteiger partial charge < -0.3 is 10.3 Å². The van der Waals surface area contributed by atoms with Gasteiger partial charge in [0.1, 0.15) is 0 Å². The van der Waals surface area contributed by atoms with Crippen molar-refractivity contribution >= 4 is 0 Å². The molecule has 0 fully saturated rings. The van der Waals surface area contributed by atoms with Crippen molar-refractivity contribution in [2.24, 2.45) is 0 Å². The van der Waals surface area contributed by atoms with Crippen LogP contribution in [0.5, 0.6) is 0 Å². The lowest BCUT2D eigenvalue weighted by atomic mass is 9.91. The average molecular weight is 234 g/mol. The molecule has 0 radical (unpaired) electrons. The first-order valence-corrected chi connectivity index (χ1v) is 6.76. The van der Waals surface area contributed by atoms with Crippen LogP contribution >= 0.6 is 0 Å². The van der Waals surface area contributed by atoms with Gasteiger partial charge in [0, 0.05) is 17.8 Å². The fourth-order valence-electron chi connectivity index (χ4n) is 2.56. The molecule has 0 bridgehead atoms. The molecule has 1 aliphatic rings. The summed E-state index contributed by atoms with van der Waals surface area (Å²) in [4.78, 5) is 14.2. The van der Waals surface area contributed by atoms with E-state index in [-0.39, 0.29) is 5.56 Å². The molecule has 3 nitrogen and oxygen atoms in total. The van der Waals surface area contributed by atoms with Crippen LogP contribution in [-0.4, -0.2) is 11.5 Å². The van der Waals surface area contributed by atoms with E-state index in [2.05, 4.69) is 17.2 Å². The summed E-state index contributed by atoms with van der Waals surface area (Å²) in [6, 6.07) is 4.07. The number of hydrogen-bond donors (Lipinski definition) is 2. The molecule has 2 rings (SSSR count). The summed E-state index contributed by atoms with van der Waals surface area (Å²) in [6.45, 7) is 3.30. The third kappa shape index (κ3) is 3.19. The molecule has 17 heavy (non-hydrogen) atoms. The molecule has 2 N–H and O–H groups in total. The third-order valence-electron chi connectivity index (χ3n) is 3.50. The fraction of sp³-hybridized carbons (Fsp3) is 0.643. The molecule has 0 spiro atoms. The molecule has 0 aliphatic heterocycles. The minimum absolute atomic E-state index is 0.0235. The van der Waals surface area contributed by atoms with Crippen LogP contribution in [0.15, 0.2) is 16.9 Å². The summed E-state index contributed by atoms with van der Waals surface area (Å²) < 4.78 is 0. The van der Waals surface area contributed by atoms with Crippen LogP contribution in [0.2, 0.25) is 0 Å². The van der Waals surface area contributed by atoms with Crippen LogP contribution in [0.4, 0.5) is 0 Å². The van der Waals surface area contributed by atoms with Gasteiger partial charge >= 0.3 is 0 Å². The van der Waals surface area contributed by atoms with Gasteiger partial charge in [-0.05, 0) is 37.8 Å². The lowest BCUT2D eigenvalue weighted by Crippen LogP contribution is -2.28. The topological polar surface area (TPSA) is 44.9 Å². The van der Waals surface area contributed by atoms with Crippen molar-refractivity contribution in [2.75, 3.05) is 6.54 Å². The van der Waals surface area contributed by atoms with E-state index >= 15 is 0 Å². The maximum Gasteiger partial charge on any atom is 0.248 e. The first-order chi connectivity index (χ1) is 8.31. The summed E-state index contributed by atoms with van der Waals surface area (Å²) >= 11 is 0. The van der Waals surface area contributed by atoms with Gasteiger partial charge in [-0.3, -0.25) is 4.79 Å². The molecule has 0 amide bonds.